The average Bonchev–Trinajstić information content (AvgIpc) is 2.25. The Hall–Kier alpha value is -1.68. The lowest BCUT2D eigenvalue weighted by Gasteiger charge is -2.13. The summed E-state index contributed by atoms with van der Waals surface area (Å²) in [5.41, 5.74) is 0.799. The molecule has 1 aromatic rings. The number of phenolic OH excluding ortho intramolecular Hbond substituents is 1. The summed E-state index contributed by atoms with van der Waals surface area (Å²) >= 11 is 0. The Morgan fingerprint density at radius 3 is 2.60 bits per heavy atom. The summed E-state index contributed by atoms with van der Waals surface area (Å²) in [6.45, 7) is 0. The lowest BCUT2D eigenvalue weighted by Crippen LogP contribution is -2.02. The SMILES string of the molecule is COC(OC)c1ccc(O)c(N=C=O)c1. The molecule has 0 saturated heterocycles. The Morgan fingerprint density at radius 2 is 2.07 bits per heavy atom. The summed E-state index contributed by atoms with van der Waals surface area (Å²) in [4.78, 5) is 13.4. The van der Waals surface area contributed by atoms with Crippen molar-refractivity contribution in [3.05, 3.63) is 23.8 Å². The summed E-state index contributed by atoms with van der Waals surface area (Å²) in [6.07, 6.45) is 0.811. The molecule has 0 saturated carbocycles. The highest BCUT2D eigenvalue weighted by Gasteiger charge is 2.11. The van der Waals surface area contributed by atoms with Crippen LogP contribution < -0.4 is 0 Å². The molecule has 80 valence electrons. The van der Waals surface area contributed by atoms with Gasteiger partial charge < -0.3 is 14.6 Å². The normalized spacial score (nSPS) is 10.1. The number of phenols is 1. The molecule has 0 aliphatic carbocycles. The second-order valence-electron chi connectivity index (χ2n) is 2.75. The van der Waals surface area contributed by atoms with Crippen molar-refractivity contribution in [2.45, 2.75) is 6.29 Å². The predicted molar refractivity (Wildman–Crippen MR) is 52.6 cm³/mol. The van der Waals surface area contributed by atoms with Crippen LogP contribution in [0, 0.1) is 0 Å². The maximum absolute atomic E-state index is 10.1. The van der Waals surface area contributed by atoms with Gasteiger partial charge in [-0.25, -0.2) is 4.79 Å². The molecule has 0 fully saturated rings. The van der Waals surface area contributed by atoms with Crippen molar-refractivity contribution in [3.8, 4) is 5.75 Å². The van der Waals surface area contributed by atoms with Crippen LogP contribution >= 0.6 is 0 Å². The van der Waals surface area contributed by atoms with Crippen LogP contribution in [0.15, 0.2) is 23.2 Å². The third-order valence-electron chi connectivity index (χ3n) is 1.87. The van der Waals surface area contributed by atoms with Gasteiger partial charge in [0.25, 0.3) is 0 Å². The van der Waals surface area contributed by atoms with E-state index < -0.39 is 6.29 Å². The van der Waals surface area contributed by atoms with Crippen LogP contribution in [0.25, 0.3) is 0 Å². The number of hydrogen-bond acceptors (Lipinski definition) is 5. The van der Waals surface area contributed by atoms with Crippen molar-refractivity contribution in [2.75, 3.05) is 14.2 Å². The van der Waals surface area contributed by atoms with Gasteiger partial charge in [0, 0.05) is 19.8 Å². The van der Waals surface area contributed by atoms with E-state index >= 15 is 0 Å². The van der Waals surface area contributed by atoms with Gasteiger partial charge in [0.1, 0.15) is 11.4 Å². The number of aliphatic imine (C=N–C) groups is 1. The first-order valence-corrected chi connectivity index (χ1v) is 4.19. The van der Waals surface area contributed by atoms with Crippen LogP contribution in [0.3, 0.4) is 0 Å². The zero-order valence-electron chi connectivity index (χ0n) is 8.43. The number of methoxy groups -OCH3 is 2. The van der Waals surface area contributed by atoms with E-state index in [0.29, 0.717) is 5.56 Å². The number of nitrogens with zero attached hydrogens (tertiary/aromatic N) is 1. The van der Waals surface area contributed by atoms with Crippen LogP contribution in [0.5, 0.6) is 5.75 Å². The molecule has 1 N–H and O–H groups in total. The summed E-state index contributed by atoms with van der Waals surface area (Å²) in [5, 5.41) is 9.34. The lowest BCUT2D eigenvalue weighted by atomic mass is 10.2. The average molecular weight is 209 g/mol. The monoisotopic (exact) mass is 209 g/mol. The molecule has 0 aliphatic rings. The first-order chi connectivity index (χ1) is 7.22. The largest absolute Gasteiger partial charge is 0.506 e. The topological polar surface area (TPSA) is 68.1 Å². The van der Waals surface area contributed by atoms with Gasteiger partial charge in [0.2, 0.25) is 6.08 Å². The molecule has 0 radical (unpaired) electrons. The first kappa shape index (κ1) is 11.4. The maximum atomic E-state index is 10.1. The van der Waals surface area contributed by atoms with E-state index in [9.17, 15) is 9.90 Å². The summed E-state index contributed by atoms with van der Waals surface area (Å²) in [7, 11) is 2.98. The van der Waals surface area contributed by atoms with Crippen LogP contribution in [0.4, 0.5) is 5.69 Å². The molecule has 15 heavy (non-hydrogen) atoms. The highest BCUT2D eigenvalue weighted by atomic mass is 16.7. The Labute approximate surface area is 87.0 Å². The molecule has 0 bridgehead atoms. The molecular weight excluding hydrogens is 198 g/mol. The molecule has 0 heterocycles. The Kier molecular flexibility index (Phi) is 4.00. The molecule has 5 heteroatoms. The van der Waals surface area contributed by atoms with Gasteiger partial charge in [0.05, 0.1) is 0 Å². The molecule has 0 aromatic heterocycles. The maximum Gasteiger partial charge on any atom is 0.240 e. The molecule has 0 unspecified atom stereocenters. The number of benzene rings is 1. The Morgan fingerprint density at radius 1 is 1.40 bits per heavy atom. The number of hydrogen-bond donors (Lipinski definition) is 1. The number of isocyanates is 1. The number of aromatic hydroxyl groups is 1. The third-order valence-corrected chi connectivity index (χ3v) is 1.87. The minimum Gasteiger partial charge on any atom is -0.506 e. The van der Waals surface area contributed by atoms with Crippen LogP contribution in [0.1, 0.15) is 11.9 Å². The Balaban J connectivity index is 3.11. The molecule has 0 spiro atoms. The van der Waals surface area contributed by atoms with E-state index in [1.807, 2.05) is 0 Å². The van der Waals surface area contributed by atoms with Crippen LogP contribution in [-0.2, 0) is 14.3 Å². The van der Waals surface area contributed by atoms with E-state index in [-0.39, 0.29) is 11.4 Å². The fraction of sp³-hybridized carbons (Fsp3) is 0.300. The zero-order valence-corrected chi connectivity index (χ0v) is 8.43. The van der Waals surface area contributed by atoms with E-state index in [4.69, 9.17) is 9.47 Å². The van der Waals surface area contributed by atoms with Crippen molar-refractivity contribution in [2.24, 2.45) is 4.99 Å². The van der Waals surface area contributed by atoms with Crippen LogP contribution in [0.2, 0.25) is 0 Å². The predicted octanol–water partition coefficient (Wildman–Crippen LogP) is 1.65. The second kappa shape index (κ2) is 5.26. The van der Waals surface area contributed by atoms with Crippen LogP contribution in [-0.4, -0.2) is 25.4 Å². The molecule has 1 rings (SSSR count). The first-order valence-electron chi connectivity index (χ1n) is 4.19. The number of rotatable bonds is 4. The summed E-state index contributed by atoms with van der Waals surface area (Å²) in [6, 6.07) is 4.53. The van der Waals surface area contributed by atoms with Crippen molar-refractivity contribution in [1.82, 2.24) is 0 Å². The van der Waals surface area contributed by atoms with Crippen molar-refractivity contribution in [3.63, 3.8) is 0 Å². The van der Waals surface area contributed by atoms with Crippen molar-refractivity contribution < 1.29 is 19.4 Å². The molecule has 5 nitrogen and oxygen atoms in total. The smallest absolute Gasteiger partial charge is 0.240 e. The standard InChI is InChI=1S/C10H11NO4/c1-14-10(15-2)7-3-4-9(13)8(5-7)11-6-12/h3-5,10,13H,1-2H3. The minimum atomic E-state index is -0.550. The zero-order chi connectivity index (χ0) is 11.3. The fourth-order valence-electron chi connectivity index (χ4n) is 1.19. The lowest BCUT2D eigenvalue weighted by molar-refractivity contribution is -0.106. The van der Waals surface area contributed by atoms with E-state index in [2.05, 4.69) is 4.99 Å². The van der Waals surface area contributed by atoms with Gasteiger partial charge in [-0.05, 0) is 12.1 Å². The van der Waals surface area contributed by atoms with Crippen molar-refractivity contribution in [1.29, 1.82) is 0 Å². The fourth-order valence-corrected chi connectivity index (χ4v) is 1.19. The van der Waals surface area contributed by atoms with E-state index in [1.54, 1.807) is 6.07 Å². The molecule has 0 aliphatic heterocycles. The van der Waals surface area contributed by atoms with Gasteiger partial charge in [-0.3, -0.25) is 0 Å². The Bertz CT molecular complexity index is 381. The van der Waals surface area contributed by atoms with Gasteiger partial charge in [0.15, 0.2) is 6.29 Å². The van der Waals surface area contributed by atoms with Gasteiger partial charge >= 0.3 is 0 Å². The molecule has 0 amide bonds. The second-order valence-corrected chi connectivity index (χ2v) is 2.75. The summed E-state index contributed by atoms with van der Waals surface area (Å²) < 4.78 is 10.0. The van der Waals surface area contributed by atoms with E-state index in [0.717, 1.165) is 0 Å². The molecular formula is C10H11NO4. The third kappa shape index (κ3) is 2.63. The minimum absolute atomic E-state index is 0.0898. The van der Waals surface area contributed by atoms with Gasteiger partial charge in [-0.15, -0.1) is 0 Å². The van der Waals surface area contributed by atoms with Gasteiger partial charge in [-0.1, -0.05) is 6.07 Å². The van der Waals surface area contributed by atoms with Gasteiger partial charge in [-0.2, -0.15) is 4.99 Å². The molecule has 0 atom stereocenters. The highest BCUT2D eigenvalue weighted by molar-refractivity contribution is 5.58. The number of carbonyl (C=O) groups excluding carboxylic acids is 1. The highest BCUT2D eigenvalue weighted by Crippen LogP contribution is 2.30. The van der Waals surface area contributed by atoms with Crippen molar-refractivity contribution >= 4 is 11.8 Å². The molecule has 1 aromatic carbocycles. The number of ether oxygens (including phenoxy) is 2. The summed E-state index contributed by atoms with van der Waals surface area (Å²) in [5.74, 6) is -0.0898. The quantitative estimate of drug-likeness (QED) is 0.465. The van der Waals surface area contributed by atoms with E-state index in [1.165, 1.54) is 32.4 Å².